The molecule has 2 aromatic rings. The number of thiocyanates is 1. The molecule has 0 saturated carbocycles. The largest absolute Gasteiger partial charge is 0.394 e. The number of thioether (sulfide) groups is 1. The van der Waals surface area contributed by atoms with Crippen LogP contribution in [-0.4, -0.2) is 59.8 Å². The first-order chi connectivity index (χ1) is 10.2. The summed E-state index contributed by atoms with van der Waals surface area (Å²) in [6, 6.07) is 0. The molecule has 1 aliphatic rings. The SMILES string of the molecule is N#CSc1ncnc2c1ncn2C1OC(CO)C(O)C1O. The highest BCUT2D eigenvalue weighted by Crippen LogP contribution is 2.32. The number of hydrogen-bond donors (Lipinski definition) is 3. The predicted molar refractivity (Wildman–Crippen MR) is 69.8 cm³/mol. The maximum absolute atomic E-state index is 10.0. The lowest BCUT2D eigenvalue weighted by Crippen LogP contribution is -2.33. The van der Waals surface area contributed by atoms with E-state index in [1.54, 1.807) is 0 Å². The quantitative estimate of drug-likeness (QED) is 0.370. The Morgan fingerprint density at radius 2 is 2.14 bits per heavy atom. The van der Waals surface area contributed by atoms with Crippen LogP contribution in [0.3, 0.4) is 0 Å². The van der Waals surface area contributed by atoms with Crippen LogP contribution in [0.2, 0.25) is 0 Å². The second-order valence-electron chi connectivity index (χ2n) is 4.43. The van der Waals surface area contributed by atoms with E-state index in [2.05, 4.69) is 15.0 Å². The molecule has 0 spiro atoms. The van der Waals surface area contributed by atoms with Crippen LogP contribution < -0.4 is 0 Å². The summed E-state index contributed by atoms with van der Waals surface area (Å²) in [5.41, 5.74) is 0.777. The molecular weight excluding hydrogens is 298 g/mol. The Bertz CT molecular complexity index is 701. The van der Waals surface area contributed by atoms with E-state index in [-0.39, 0.29) is 0 Å². The van der Waals surface area contributed by atoms with E-state index >= 15 is 0 Å². The molecule has 0 aromatic carbocycles. The minimum Gasteiger partial charge on any atom is -0.394 e. The molecule has 3 N–H and O–H groups in total. The van der Waals surface area contributed by atoms with Gasteiger partial charge in [0.2, 0.25) is 0 Å². The molecule has 21 heavy (non-hydrogen) atoms. The third-order valence-corrected chi connectivity index (χ3v) is 3.84. The monoisotopic (exact) mass is 309 g/mol. The second-order valence-corrected chi connectivity index (χ2v) is 5.20. The zero-order valence-corrected chi connectivity index (χ0v) is 11.4. The molecule has 3 heterocycles. The van der Waals surface area contributed by atoms with Crippen LogP contribution in [0.15, 0.2) is 17.7 Å². The maximum Gasteiger partial charge on any atom is 0.166 e. The number of hydrogen-bond acceptors (Lipinski definition) is 9. The Hall–Kier alpha value is -1.77. The number of fused-ring (bicyclic) bond motifs is 1. The van der Waals surface area contributed by atoms with Gasteiger partial charge in [-0.05, 0) is 0 Å². The first-order valence-corrected chi connectivity index (χ1v) is 6.85. The lowest BCUT2D eigenvalue weighted by Gasteiger charge is -2.16. The van der Waals surface area contributed by atoms with E-state index in [1.165, 1.54) is 17.2 Å². The molecule has 1 aliphatic heterocycles. The number of aromatic nitrogens is 4. The average Bonchev–Trinajstić information content (AvgIpc) is 3.03. The van der Waals surface area contributed by atoms with Gasteiger partial charge in [-0.15, -0.1) is 0 Å². The normalized spacial score (nSPS) is 28.9. The number of imidazole rings is 1. The fraction of sp³-hybridized carbons (Fsp3) is 0.455. The number of rotatable bonds is 3. The molecule has 110 valence electrons. The van der Waals surface area contributed by atoms with Gasteiger partial charge in [-0.2, -0.15) is 5.26 Å². The summed E-state index contributed by atoms with van der Waals surface area (Å²) in [6.07, 6.45) is -1.55. The van der Waals surface area contributed by atoms with E-state index in [0.29, 0.717) is 16.2 Å². The van der Waals surface area contributed by atoms with Crippen LogP contribution in [0, 0.1) is 10.7 Å². The van der Waals surface area contributed by atoms with Crippen molar-refractivity contribution in [2.24, 2.45) is 0 Å². The first kappa shape index (κ1) is 14.2. The van der Waals surface area contributed by atoms with E-state index in [0.717, 1.165) is 11.8 Å². The van der Waals surface area contributed by atoms with E-state index < -0.39 is 31.1 Å². The van der Waals surface area contributed by atoms with E-state index in [4.69, 9.17) is 15.1 Å². The Kier molecular flexibility index (Phi) is 3.75. The maximum atomic E-state index is 10.0. The van der Waals surface area contributed by atoms with Gasteiger partial charge in [0, 0.05) is 11.8 Å². The van der Waals surface area contributed by atoms with Crippen LogP contribution in [0.5, 0.6) is 0 Å². The highest BCUT2D eigenvalue weighted by molar-refractivity contribution is 8.03. The van der Waals surface area contributed by atoms with Crippen molar-refractivity contribution in [2.45, 2.75) is 29.6 Å². The molecular formula is C11H11N5O4S. The van der Waals surface area contributed by atoms with Crippen LogP contribution in [-0.2, 0) is 4.74 Å². The zero-order valence-electron chi connectivity index (χ0n) is 10.6. The van der Waals surface area contributed by atoms with E-state index in [1.807, 2.05) is 5.40 Å². The van der Waals surface area contributed by atoms with Gasteiger partial charge >= 0.3 is 0 Å². The van der Waals surface area contributed by atoms with Crippen molar-refractivity contribution in [3.8, 4) is 5.40 Å². The first-order valence-electron chi connectivity index (χ1n) is 6.03. The number of nitriles is 1. The minimum atomic E-state index is -1.22. The van der Waals surface area contributed by atoms with Gasteiger partial charge in [0.05, 0.1) is 12.9 Å². The molecule has 3 rings (SSSR count). The molecule has 1 saturated heterocycles. The highest BCUT2D eigenvalue weighted by atomic mass is 32.2. The molecule has 0 aliphatic carbocycles. The number of ether oxygens (including phenoxy) is 1. The molecule has 0 bridgehead atoms. The van der Waals surface area contributed by atoms with E-state index in [9.17, 15) is 10.2 Å². The molecule has 10 heteroatoms. The fourth-order valence-corrected chi connectivity index (χ4v) is 2.67. The third kappa shape index (κ3) is 2.25. The van der Waals surface area contributed by atoms with Crippen molar-refractivity contribution in [3.05, 3.63) is 12.7 Å². The van der Waals surface area contributed by atoms with Gasteiger partial charge in [0.15, 0.2) is 11.9 Å². The smallest absolute Gasteiger partial charge is 0.166 e. The predicted octanol–water partition coefficient (Wildman–Crippen LogP) is -0.989. The summed E-state index contributed by atoms with van der Waals surface area (Å²) in [5, 5.41) is 40.0. The highest BCUT2D eigenvalue weighted by Gasteiger charge is 2.43. The van der Waals surface area contributed by atoms with Crippen molar-refractivity contribution in [1.29, 1.82) is 5.26 Å². The van der Waals surface area contributed by atoms with Crippen LogP contribution >= 0.6 is 11.8 Å². The van der Waals surface area contributed by atoms with Gasteiger partial charge in [0.1, 0.15) is 40.6 Å². The zero-order chi connectivity index (χ0) is 15.0. The summed E-state index contributed by atoms with van der Waals surface area (Å²) in [5.74, 6) is 0. The summed E-state index contributed by atoms with van der Waals surface area (Å²) in [6.45, 7) is -0.411. The molecule has 0 radical (unpaired) electrons. The van der Waals surface area contributed by atoms with Crippen molar-refractivity contribution in [3.63, 3.8) is 0 Å². The minimum absolute atomic E-state index is 0.373. The standard InChI is InChI=1S/C11H11N5O4S/c12-2-21-10-6-9(13-3-14-10)16(4-15-6)11-8(19)7(18)5(1-17)20-11/h3-5,7-8,11,17-19H,1H2. The Morgan fingerprint density at radius 1 is 1.33 bits per heavy atom. The average molecular weight is 309 g/mol. The van der Waals surface area contributed by atoms with Crippen LogP contribution in [0.4, 0.5) is 0 Å². The molecule has 4 unspecified atom stereocenters. The van der Waals surface area contributed by atoms with Gasteiger partial charge in [-0.1, -0.05) is 0 Å². The van der Waals surface area contributed by atoms with Gasteiger partial charge in [-0.3, -0.25) is 4.57 Å². The third-order valence-electron chi connectivity index (χ3n) is 3.26. The molecule has 4 atom stereocenters. The summed E-state index contributed by atoms with van der Waals surface area (Å²) in [4.78, 5) is 12.2. The Labute approximate surface area is 122 Å². The topological polar surface area (TPSA) is 137 Å². The lowest BCUT2D eigenvalue weighted by atomic mass is 10.1. The fourth-order valence-electron chi connectivity index (χ4n) is 2.24. The van der Waals surface area contributed by atoms with Crippen LogP contribution in [0.25, 0.3) is 11.2 Å². The molecule has 1 fully saturated rings. The second kappa shape index (κ2) is 5.55. The lowest BCUT2D eigenvalue weighted by molar-refractivity contribution is -0.0511. The van der Waals surface area contributed by atoms with Gasteiger partial charge in [0.25, 0.3) is 0 Å². The molecule has 0 amide bonds. The molecule has 9 nitrogen and oxygen atoms in total. The number of aliphatic hydroxyl groups excluding tert-OH is 3. The Balaban J connectivity index is 2.02. The van der Waals surface area contributed by atoms with Crippen molar-refractivity contribution in [1.82, 2.24) is 19.5 Å². The Morgan fingerprint density at radius 3 is 2.81 bits per heavy atom. The van der Waals surface area contributed by atoms with Crippen molar-refractivity contribution < 1.29 is 20.1 Å². The summed E-state index contributed by atoms with van der Waals surface area (Å²) < 4.78 is 6.87. The van der Waals surface area contributed by atoms with Crippen molar-refractivity contribution in [2.75, 3.05) is 6.61 Å². The van der Waals surface area contributed by atoms with Gasteiger partial charge in [-0.25, -0.2) is 15.0 Å². The summed E-state index contributed by atoms with van der Waals surface area (Å²) in [7, 11) is 0. The molecule has 2 aromatic heterocycles. The number of nitrogens with zero attached hydrogens (tertiary/aromatic N) is 5. The summed E-state index contributed by atoms with van der Waals surface area (Å²) >= 11 is 0.853. The van der Waals surface area contributed by atoms with Crippen molar-refractivity contribution >= 4 is 22.9 Å². The number of aliphatic hydroxyl groups is 3. The van der Waals surface area contributed by atoms with Gasteiger partial charge < -0.3 is 20.1 Å². The van der Waals surface area contributed by atoms with Crippen LogP contribution in [0.1, 0.15) is 6.23 Å².